The Morgan fingerprint density at radius 3 is 1.12 bits per heavy atom. The van der Waals surface area contributed by atoms with Gasteiger partial charge in [0.15, 0.2) is 0 Å². The van der Waals surface area contributed by atoms with Crippen LogP contribution in [0.1, 0.15) is 54.9 Å². The molecular weight excluding hydrogens is 685 g/mol. The quantitative estimate of drug-likeness (QED) is 0.0219. The highest BCUT2D eigenvalue weighted by Crippen LogP contribution is 2.19. The van der Waals surface area contributed by atoms with Gasteiger partial charge in [0.1, 0.15) is 0 Å². The summed E-state index contributed by atoms with van der Waals surface area (Å²) in [7, 11) is -2.76. The van der Waals surface area contributed by atoms with Gasteiger partial charge in [0.2, 0.25) is 17.8 Å². The summed E-state index contributed by atoms with van der Waals surface area (Å²) in [6.45, 7) is 24.4. The number of nitrogens with two attached hydrogens (primary N) is 4. The Morgan fingerprint density at radius 2 is 0.827 bits per heavy atom. The molecule has 1 aromatic rings. The summed E-state index contributed by atoms with van der Waals surface area (Å²) >= 11 is 0. The average Bonchev–Trinajstić information content (AvgIpc) is 3.13. The summed E-state index contributed by atoms with van der Waals surface area (Å²) in [5, 5.41) is 24.2. The van der Waals surface area contributed by atoms with Gasteiger partial charge in [0, 0.05) is 111 Å². The minimum Gasteiger partial charge on any atom is -0.374 e. The first-order chi connectivity index (χ1) is 25.1. The van der Waals surface area contributed by atoms with Crippen LogP contribution in [0.2, 0.25) is 6.04 Å². The van der Waals surface area contributed by atoms with Gasteiger partial charge in [-0.05, 0) is 54.9 Å². The molecule has 0 spiro atoms. The highest BCUT2D eigenvalue weighted by Gasteiger charge is 2.39. The maximum atomic E-state index is 6.04. The number of nitrogens with zero attached hydrogens (tertiary/aromatic N) is 5. The van der Waals surface area contributed by atoms with Crippen LogP contribution in [-0.4, -0.2) is 163 Å². The molecule has 306 valence electrons. The van der Waals surface area contributed by atoms with Crippen molar-refractivity contribution in [2.75, 3.05) is 121 Å². The van der Waals surface area contributed by atoms with E-state index >= 15 is 0 Å². The van der Waals surface area contributed by atoms with E-state index in [-0.39, 0.29) is 24.7 Å². The SMILES string of the molecule is CCO[Si](CCCNc1nc(NCCN(C(C)NCCN)C(C)NCCN)nc(NCCN(C(C)NCCN)C(C)NCCN)n1)(OCC)OCC. The molecule has 0 fully saturated rings. The van der Waals surface area contributed by atoms with Crippen LogP contribution < -0.4 is 60.2 Å². The molecule has 4 atom stereocenters. The lowest BCUT2D eigenvalue weighted by atomic mass is 10.3. The van der Waals surface area contributed by atoms with Crippen molar-refractivity contribution in [1.29, 1.82) is 0 Å². The van der Waals surface area contributed by atoms with Crippen LogP contribution in [0.25, 0.3) is 0 Å². The third kappa shape index (κ3) is 19.4. The fourth-order valence-corrected chi connectivity index (χ4v) is 8.41. The minimum absolute atomic E-state index is 0.0885. The Morgan fingerprint density at radius 1 is 0.519 bits per heavy atom. The predicted octanol–water partition coefficient (Wildman–Crippen LogP) is -1.27. The van der Waals surface area contributed by atoms with Crippen LogP contribution in [0.3, 0.4) is 0 Å². The van der Waals surface area contributed by atoms with Gasteiger partial charge in [0.05, 0.1) is 24.7 Å². The normalized spacial score (nSPS) is 14.5. The van der Waals surface area contributed by atoms with Gasteiger partial charge in [0.25, 0.3) is 0 Å². The van der Waals surface area contributed by atoms with Gasteiger partial charge >= 0.3 is 8.80 Å². The number of hydrogen-bond acceptors (Lipinski definition) is 19. The van der Waals surface area contributed by atoms with Gasteiger partial charge in [-0.15, -0.1) is 0 Å². The maximum Gasteiger partial charge on any atom is 0.500 e. The Labute approximate surface area is 314 Å². The molecule has 0 radical (unpaired) electrons. The number of anilines is 3. The Hall–Kier alpha value is -1.89. The van der Waals surface area contributed by atoms with Crippen LogP contribution in [-0.2, 0) is 13.3 Å². The molecule has 1 heterocycles. The second-order valence-electron chi connectivity index (χ2n) is 12.3. The van der Waals surface area contributed by atoms with Crippen molar-refractivity contribution in [3.63, 3.8) is 0 Å². The first kappa shape index (κ1) is 48.1. The Balaban J connectivity index is 3.16. The van der Waals surface area contributed by atoms with Crippen LogP contribution >= 0.6 is 0 Å². The average molecular weight is 761 g/mol. The van der Waals surface area contributed by atoms with Crippen LogP contribution in [0.5, 0.6) is 0 Å². The molecule has 4 unspecified atom stereocenters. The molecule has 0 bridgehead atoms. The van der Waals surface area contributed by atoms with Gasteiger partial charge in [-0.25, -0.2) is 0 Å². The molecule has 1 rings (SSSR count). The molecular formula is C32H76N16O3Si. The largest absolute Gasteiger partial charge is 0.500 e. The number of hydrogen-bond donors (Lipinski definition) is 11. The molecule has 0 aliphatic carbocycles. The number of rotatable bonds is 35. The lowest BCUT2D eigenvalue weighted by molar-refractivity contribution is 0.0710. The second-order valence-corrected chi connectivity index (χ2v) is 15.1. The predicted molar refractivity (Wildman–Crippen MR) is 215 cm³/mol. The Bertz CT molecular complexity index is 908. The van der Waals surface area contributed by atoms with Gasteiger partial charge in [-0.1, -0.05) is 0 Å². The Kier molecular flexibility index (Phi) is 27.3. The summed E-state index contributed by atoms with van der Waals surface area (Å²) in [4.78, 5) is 18.8. The van der Waals surface area contributed by atoms with E-state index in [0.29, 0.717) is 103 Å². The topological polar surface area (TPSA) is 261 Å². The third-order valence-corrected chi connectivity index (χ3v) is 11.5. The second kappa shape index (κ2) is 29.5. The molecule has 1 aromatic heterocycles. The first-order valence-corrected chi connectivity index (χ1v) is 21.2. The van der Waals surface area contributed by atoms with Crippen molar-refractivity contribution in [1.82, 2.24) is 46.0 Å². The highest BCUT2D eigenvalue weighted by atomic mass is 28.4. The van der Waals surface area contributed by atoms with Crippen LogP contribution in [0.4, 0.5) is 17.8 Å². The van der Waals surface area contributed by atoms with Crippen molar-refractivity contribution in [2.45, 2.75) is 85.6 Å². The number of nitrogens with one attached hydrogen (secondary N) is 7. The summed E-state index contributed by atoms with van der Waals surface area (Å²) in [6, 6.07) is 0.683. The lowest BCUT2D eigenvalue weighted by Gasteiger charge is -2.35. The fraction of sp³-hybridized carbons (Fsp3) is 0.906. The van der Waals surface area contributed by atoms with Crippen LogP contribution in [0, 0.1) is 0 Å². The van der Waals surface area contributed by atoms with E-state index in [9.17, 15) is 0 Å². The highest BCUT2D eigenvalue weighted by molar-refractivity contribution is 6.60. The van der Waals surface area contributed by atoms with Gasteiger partial charge in [-0.2, -0.15) is 15.0 Å². The molecule has 0 amide bonds. The van der Waals surface area contributed by atoms with E-state index in [1.165, 1.54) is 0 Å². The summed E-state index contributed by atoms with van der Waals surface area (Å²) < 4.78 is 18.1. The standard InChI is InChI=1S/C32H76N16O3Si/c1-8-49-52(50-9-2,51-10-3)25-11-16-41-30-44-31(42-21-23-47(26(4)37-17-12-33)27(5)38-18-13-34)46-32(45-30)43-22-24-48(28(6)39-19-14-35)29(7)40-20-15-36/h26-29,37-40H,8-25,33-36H2,1-7H3,(H3,41,42,43,44,45,46). The van der Waals surface area contributed by atoms with Crippen molar-refractivity contribution < 1.29 is 13.3 Å². The maximum absolute atomic E-state index is 6.04. The molecule has 0 saturated heterocycles. The van der Waals surface area contributed by atoms with E-state index in [1.807, 2.05) is 20.8 Å². The van der Waals surface area contributed by atoms with E-state index in [2.05, 4.69) is 74.7 Å². The zero-order chi connectivity index (χ0) is 38.6. The molecule has 15 N–H and O–H groups in total. The van der Waals surface area contributed by atoms with E-state index < -0.39 is 8.80 Å². The van der Waals surface area contributed by atoms with Crippen molar-refractivity contribution in [2.24, 2.45) is 22.9 Å². The molecule has 0 aliphatic rings. The lowest BCUT2D eigenvalue weighted by Crippen LogP contribution is -2.55. The van der Waals surface area contributed by atoms with E-state index in [0.717, 1.165) is 32.6 Å². The van der Waals surface area contributed by atoms with Crippen molar-refractivity contribution >= 4 is 26.6 Å². The summed E-state index contributed by atoms with van der Waals surface area (Å²) in [6.07, 6.45) is 1.11. The van der Waals surface area contributed by atoms with Crippen LogP contribution in [0.15, 0.2) is 0 Å². The first-order valence-electron chi connectivity index (χ1n) is 19.3. The van der Waals surface area contributed by atoms with E-state index in [1.54, 1.807) is 0 Å². The van der Waals surface area contributed by atoms with Gasteiger partial charge in [-0.3, -0.25) is 9.80 Å². The smallest absolute Gasteiger partial charge is 0.374 e. The summed E-state index contributed by atoms with van der Waals surface area (Å²) in [5.74, 6) is 1.41. The fourth-order valence-electron chi connectivity index (χ4n) is 5.80. The zero-order valence-electron chi connectivity index (χ0n) is 33.3. The zero-order valence-corrected chi connectivity index (χ0v) is 34.3. The van der Waals surface area contributed by atoms with Crippen molar-refractivity contribution in [3.8, 4) is 0 Å². The minimum atomic E-state index is -2.76. The molecule has 0 aromatic carbocycles. The molecule has 52 heavy (non-hydrogen) atoms. The van der Waals surface area contributed by atoms with E-state index in [4.69, 9.17) is 51.2 Å². The number of aromatic nitrogens is 3. The molecule has 0 aliphatic heterocycles. The van der Waals surface area contributed by atoms with Crippen molar-refractivity contribution in [3.05, 3.63) is 0 Å². The van der Waals surface area contributed by atoms with Gasteiger partial charge < -0.3 is 73.4 Å². The molecule has 0 saturated carbocycles. The summed E-state index contributed by atoms with van der Waals surface area (Å²) in [5.41, 5.74) is 23.1. The molecule has 19 nitrogen and oxygen atoms in total. The molecule has 20 heteroatoms. The monoisotopic (exact) mass is 761 g/mol. The third-order valence-electron chi connectivity index (χ3n) is 8.30.